The van der Waals surface area contributed by atoms with Gasteiger partial charge in [-0.2, -0.15) is 12.6 Å². The molecular formula is C12H17NO2S2. The maximum Gasteiger partial charge on any atom is 0.269 e. The zero-order chi connectivity index (χ0) is 12.5. The Hall–Kier alpha value is -0.680. The van der Waals surface area contributed by atoms with Crippen molar-refractivity contribution in [1.29, 1.82) is 0 Å². The topological polar surface area (TPSA) is 43.1 Å². The van der Waals surface area contributed by atoms with Gasteiger partial charge in [0, 0.05) is 17.0 Å². The molecule has 0 fully saturated rings. The first-order chi connectivity index (χ1) is 8.24. The summed E-state index contributed by atoms with van der Waals surface area (Å²) in [6.07, 6.45) is 4.85. The molecule has 17 heavy (non-hydrogen) atoms. The minimum absolute atomic E-state index is 0.156. The highest BCUT2D eigenvalue weighted by Gasteiger charge is 2.03. The SMILES string of the molecule is O=[N+]([O-])c1ccc(SCCCCCCS)cc1. The number of nitrogens with zero attached hydrogens (tertiary/aromatic N) is 1. The van der Waals surface area contributed by atoms with Crippen molar-refractivity contribution >= 4 is 30.1 Å². The van der Waals surface area contributed by atoms with E-state index in [1.807, 2.05) is 12.1 Å². The largest absolute Gasteiger partial charge is 0.269 e. The predicted molar refractivity (Wildman–Crippen MR) is 76.1 cm³/mol. The molecule has 0 aliphatic heterocycles. The van der Waals surface area contributed by atoms with Crippen LogP contribution in [0.1, 0.15) is 25.7 Å². The molecule has 0 spiro atoms. The van der Waals surface area contributed by atoms with Crippen molar-refractivity contribution in [2.75, 3.05) is 11.5 Å². The molecule has 0 N–H and O–H groups in total. The number of nitro benzene ring substituents is 1. The fraction of sp³-hybridized carbons (Fsp3) is 0.500. The van der Waals surface area contributed by atoms with Gasteiger partial charge in [0.15, 0.2) is 0 Å². The van der Waals surface area contributed by atoms with E-state index in [0.717, 1.165) is 16.4 Å². The summed E-state index contributed by atoms with van der Waals surface area (Å²) in [5.74, 6) is 2.04. The van der Waals surface area contributed by atoms with E-state index in [0.29, 0.717) is 0 Å². The third kappa shape index (κ3) is 5.98. The second kappa shape index (κ2) is 8.42. The van der Waals surface area contributed by atoms with Gasteiger partial charge in [-0.05, 0) is 36.5 Å². The summed E-state index contributed by atoms with van der Waals surface area (Å²) in [6, 6.07) is 6.75. The van der Waals surface area contributed by atoms with Crippen LogP contribution in [0.3, 0.4) is 0 Å². The van der Waals surface area contributed by atoms with Gasteiger partial charge in [-0.3, -0.25) is 10.1 Å². The molecule has 1 aromatic rings. The van der Waals surface area contributed by atoms with Gasteiger partial charge in [0.05, 0.1) is 4.92 Å². The lowest BCUT2D eigenvalue weighted by Crippen LogP contribution is -1.87. The van der Waals surface area contributed by atoms with Crippen molar-refractivity contribution in [3.8, 4) is 0 Å². The molecule has 0 amide bonds. The third-order valence-corrected chi connectivity index (χ3v) is 3.78. The normalized spacial score (nSPS) is 10.4. The van der Waals surface area contributed by atoms with Crippen LogP contribution in [0.15, 0.2) is 29.2 Å². The quantitative estimate of drug-likeness (QED) is 0.254. The number of hydrogen-bond acceptors (Lipinski definition) is 4. The van der Waals surface area contributed by atoms with Crippen LogP contribution in [0, 0.1) is 10.1 Å². The van der Waals surface area contributed by atoms with Gasteiger partial charge < -0.3 is 0 Å². The Morgan fingerprint density at radius 3 is 2.35 bits per heavy atom. The van der Waals surface area contributed by atoms with Gasteiger partial charge in [-0.25, -0.2) is 0 Å². The van der Waals surface area contributed by atoms with E-state index in [9.17, 15) is 10.1 Å². The highest BCUT2D eigenvalue weighted by atomic mass is 32.2. The summed E-state index contributed by atoms with van der Waals surface area (Å²) in [5.41, 5.74) is 0.156. The summed E-state index contributed by atoms with van der Waals surface area (Å²) in [6.45, 7) is 0. The molecule has 0 saturated carbocycles. The molecule has 94 valence electrons. The van der Waals surface area contributed by atoms with Crippen LogP contribution in [0.2, 0.25) is 0 Å². The molecule has 0 aromatic heterocycles. The predicted octanol–water partition coefficient (Wildman–Crippen LogP) is 4.18. The molecule has 0 atom stereocenters. The minimum Gasteiger partial charge on any atom is -0.258 e. The maximum atomic E-state index is 10.5. The van der Waals surface area contributed by atoms with Crippen molar-refractivity contribution < 1.29 is 4.92 Å². The zero-order valence-electron chi connectivity index (χ0n) is 9.67. The first-order valence-corrected chi connectivity index (χ1v) is 7.34. The Bertz CT molecular complexity index is 341. The smallest absolute Gasteiger partial charge is 0.258 e. The Balaban J connectivity index is 2.21. The van der Waals surface area contributed by atoms with E-state index in [2.05, 4.69) is 12.6 Å². The van der Waals surface area contributed by atoms with Gasteiger partial charge in [0.25, 0.3) is 5.69 Å². The number of hydrogen-bond donors (Lipinski definition) is 1. The lowest BCUT2D eigenvalue weighted by Gasteiger charge is -2.01. The van der Waals surface area contributed by atoms with Crippen molar-refractivity contribution in [2.24, 2.45) is 0 Å². The fourth-order valence-corrected chi connectivity index (χ4v) is 2.56. The number of non-ortho nitro benzene ring substituents is 1. The van der Waals surface area contributed by atoms with Crippen LogP contribution in [0.5, 0.6) is 0 Å². The van der Waals surface area contributed by atoms with Crippen LogP contribution in [-0.4, -0.2) is 16.4 Å². The lowest BCUT2D eigenvalue weighted by molar-refractivity contribution is -0.384. The number of nitro groups is 1. The van der Waals surface area contributed by atoms with Crippen molar-refractivity contribution in [3.63, 3.8) is 0 Å². The second-order valence-corrected chi connectivity index (χ2v) is 5.35. The third-order valence-electron chi connectivity index (χ3n) is 2.37. The summed E-state index contributed by atoms with van der Waals surface area (Å²) < 4.78 is 0. The number of thiol groups is 1. The standard InChI is InChI=1S/C12H17NO2S2/c14-13(15)11-5-7-12(8-6-11)17-10-4-2-1-3-9-16/h5-8,16H,1-4,9-10H2. The van der Waals surface area contributed by atoms with Crippen LogP contribution >= 0.6 is 24.4 Å². The number of thioether (sulfide) groups is 1. The van der Waals surface area contributed by atoms with Crippen molar-refractivity contribution in [3.05, 3.63) is 34.4 Å². The highest BCUT2D eigenvalue weighted by Crippen LogP contribution is 2.22. The molecule has 3 nitrogen and oxygen atoms in total. The van der Waals surface area contributed by atoms with E-state index in [-0.39, 0.29) is 10.6 Å². The van der Waals surface area contributed by atoms with E-state index in [1.165, 1.54) is 25.7 Å². The minimum atomic E-state index is -0.369. The number of benzene rings is 1. The molecule has 0 aliphatic rings. The van der Waals surface area contributed by atoms with Crippen molar-refractivity contribution in [2.45, 2.75) is 30.6 Å². The summed E-state index contributed by atoms with van der Waals surface area (Å²) in [5, 5.41) is 10.5. The van der Waals surface area contributed by atoms with Crippen LogP contribution in [-0.2, 0) is 0 Å². The maximum absolute atomic E-state index is 10.5. The monoisotopic (exact) mass is 271 g/mol. The first-order valence-electron chi connectivity index (χ1n) is 5.72. The van der Waals surface area contributed by atoms with Gasteiger partial charge in [0.1, 0.15) is 0 Å². The average molecular weight is 271 g/mol. The number of unbranched alkanes of at least 4 members (excludes halogenated alkanes) is 3. The first kappa shape index (κ1) is 14.4. The van der Waals surface area contributed by atoms with Crippen LogP contribution in [0.25, 0.3) is 0 Å². The Morgan fingerprint density at radius 1 is 1.12 bits per heavy atom. The molecular weight excluding hydrogens is 254 g/mol. The Morgan fingerprint density at radius 2 is 1.76 bits per heavy atom. The molecule has 1 rings (SSSR count). The van der Waals surface area contributed by atoms with Crippen molar-refractivity contribution in [1.82, 2.24) is 0 Å². The molecule has 0 bridgehead atoms. The van der Waals surface area contributed by atoms with Gasteiger partial charge in [0.2, 0.25) is 0 Å². The van der Waals surface area contributed by atoms with Crippen LogP contribution < -0.4 is 0 Å². The highest BCUT2D eigenvalue weighted by molar-refractivity contribution is 7.99. The van der Waals surface area contributed by atoms with Gasteiger partial charge in [-0.1, -0.05) is 12.8 Å². The van der Waals surface area contributed by atoms with Gasteiger partial charge >= 0.3 is 0 Å². The molecule has 0 heterocycles. The summed E-state index contributed by atoms with van der Waals surface area (Å²) >= 11 is 5.93. The van der Waals surface area contributed by atoms with Crippen LogP contribution in [0.4, 0.5) is 5.69 Å². The Labute approximate surface area is 112 Å². The molecule has 0 radical (unpaired) electrons. The average Bonchev–Trinajstić information content (AvgIpc) is 2.34. The second-order valence-electron chi connectivity index (χ2n) is 3.74. The van der Waals surface area contributed by atoms with E-state index in [1.54, 1.807) is 23.9 Å². The van der Waals surface area contributed by atoms with E-state index >= 15 is 0 Å². The van der Waals surface area contributed by atoms with Gasteiger partial charge in [-0.15, -0.1) is 11.8 Å². The van der Waals surface area contributed by atoms with E-state index in [4.69, 9.17) is 0 Å². The summed E-state index contributed by atoms with van der Waals surface area (Å²) in [7, 11) is 0. The Kier molecular flexibility index (Phi) is 7.12. The van der Waals surface area contributed by atoms with E-state index < -0.39 is 0 Å². The zero-order valence-corrected chi connectivity index (χ0v) is 11.4. The molecule has 0 aliphatic carbocycles. The molecule has 0 saturated heterocycles. The summed E-state index contributed by atoms with van der Waals surface area (Å²) in [4.78, 5) is 11.2. The lowest BCUT2D eigenvalue weighted by atomic mass is 10.2. The molecule has 1 aromatic carbocycles. The molecule has 5 heteroatoms. The molecule has 0 unspecified atom stereocenters. The fourth-order valence-electron chi connectivity index (χ4n) is 1.42. The number of rotatable bonds is 8.